The number of rotatable bonds is 3. The van der Waals surface area contributed by atoms with E-state index in [9.17, 15) is 5.11 Å². The van der Waals surface area contributed by atoms with E-state index in [0.717, 1.165) is 0 Å². The zero-order valence-corrected chi connectivity index (χ0v) is 10.4. The van der Waals surface area contributed by atoms with E-state index in [2.05, 4.69) is 10.3 Å². The second kappa shape index (κ2) is 4.51. The van der Waals surface area contributed by atoms with Crippen LogP contribution in [0.4, 0.5) is 5.88 Å². The maximum Gasteiger partial charge on any atom is 0.324 e. The molecule has 1 heterocycles. The van der Waals surface area contributed by atoms with Crippen LogP contribution in [0.5, 0.6) is 0 Å². The van der Waals surface area contributed by atoms with Crippen LogP contribution < -0.4 is 14.9 Å². The first-order valence-electron chi connectivity index (χ1n) is 5.09. The summed E-state index contributed by atoms with van der Waals surface area (Å²) in [5.41, 5.74) is -0.0713. The molecule has 0 fully saturated rings. The van der Waals surface area contributed by atoms with Gasteiger partial charge in [0.2, 0.25) is 5.27 Å². The second-order valence-corrected chi connectivity index (χ2v) is 5.05. The molecule has 0 amide bonds. The number of hydrogen-bond donors (Lipinski definition) is 0. The molecule has 0 atom stereocenters. The Hall–Kier alpha value is -1.59. The minimum atomic E-state index is -0.199. The first-order chi connectivity index (χ1) is 7.28. The van der Waals surface area contributed by atoms with Crippen molar-refractivity contribution in [2.24, 2.45) is 10.4 Å². The lowest BCUT2D eigenvalue weighted by Crippen LogP contribution is -2.53. The van der Waals surface area contributed by atoms with Crippen molar-refractivity contribution in [3.05, 3.63) is 6.20 Å². The summed E-state index contributed by atoms with van der Waals surface area (Å²) in [4.78, 5) is 5.29. The van der Waals surface area contributed by atoms with E-state index in [0.29, 0.717) is 6.42 Å². The minimum Gasteiger partial charge on any atom is -0.862 e. The number of aliphatic imine (C=N–C) groups is 1. The summed E-state index contributed by atoms with van der Waals surface area (Å²) in [7, 11) is 3.62. The normalized spacial score (nSPS) is 12.9. The third-order valence-corrected chi connectivity index (χ3v) is 1.77. The van der Waals surface area contributed by atoms with Gasteiger partial charge in [0.25, 0.3) is 6.20 Å². The van der Waals surface area contributed by atoms with Gasteiger partial charge in [-0.2, -0.15) is 5.01 Å². The van der Waals surface area contributed by atoms with Gasteiger partial charge in [0, 0.05) is 0 Å². The van der Waals surface area contributed by atoms with E-state index in [1.54, 1.807) is 11.2 Å². The van der Waals surface area contributed by atoms with E-state index in [1.807, 2.05) is 34.9 Å². The third kappa shape index (κ3) is 3.88. The monoisotopic (exact) mass is 226 g/mol. The highest BCUT2D eigenvalue weighted by Gasteiger charge is 2.14. The quantitative estimate of drug-likeness (QED) is 0.413. The van der Waals surface area contributed by atoms with Crippen molar-refractivity contribution in [1.82, 2.24) is 5.27 Å². The van der Waals surface area contributed by atoms with E-state index >= 15 is 0 Å². The first-order valence-corrected chi connectivity index (χ1v) is 5.09. The summed E-state index contributed by atoms with van der Waals surface area (Å²) >= 11 is 0. The Morgan fingerprint density at radius 2 is 2.19 bits per heavy atom. The van der Waals surface area contributed by atoms with Gasteiger partial charge in [0.15, 0.2) is 0 Å². The van der Waals surface area contributed by atoms with Gasteiger partial charge < -0.3 is 5.11 Å². The van der Waals surface area contributed by atoms with Gasteiger partial charge >= 0.3 is 5.88 Å². The van der Waals surface area contributed by atoms with Crippen molar-refractivity contribution in [3.63, 3.8) is 0 Å². The first kappa shape index (κ1) is 12.5. The Labute approximate surface area is 95.1 Å². The molecule has 6 nitrogen and oxygen atoms in total. The molecule has 0 aliphatic carbocycles. The SMILES string of the molecule is CN(C)[n+]1cc(/N=C(\[O-])CC(C)(C)C)on1. The zero-order chi connectivity index (χ0) is 12.3. The number of hydrogen-bond acceptors (Lipinski definition) is 5. The second-order valence-electron chi connectivity index (χ2n) is 5.05. The summed E-state index contributed by atoms with van der Waals surface area (Å²) in [5, 5.41) is 16.9. The van der Waals surface area contributed by atoms with Crippen molar-refractivity contribution in [2.75, 3.05) is 19.1 Å². The molecule has 16 heavy (non-hydrogen) atoms. The standard InChI is InChI=1S/C10H18N4O2/c1-10(2,3)6-8(15)11-9-7-14(12-16-9)13(4)5/h7H,6H2,1-5H3. The lowest BCUT2D eigenvalue weighted by Gasteiger charge is -2.21. The molecule has 0 saturated carbocycles. The molecule has 0 spiro atoms. The van der Waals surface area contributed by atoms with Crippen LogP contribution in [-0.4, -0.2) is 25.3 Å². The maximum atomic E-state index is 11.5. The molecule has 90 valence electrons. The third-order valence-electron chi connectivity index (χ3n) is 1.77. The molecule has 6 heteroatoms. The average Bonchev–Trinajstić information content (AvgIpc) is 2.48. The minimum absolute atomic E-state index is 0.0713. The fourth-order valence-electron chi connectivity index (χ4n) is 1.08. The predicted molar refractivity (Wildman–Crippen MR) is 57.9 cm³/mol. The largest absolute Gasteiger partial charge is 0.862 e. The molecule has 0 aliphatic heterocycles. The Morgan fingerprint density at radius 3 is 2.62 bits per heavy atom. The van der Waals surface area contributed by atoms with Crippen LogP contribution in [-0.2, 0) is 0 Å². The van der Waals surface area contributed by atoms with Crippen LogP contribution in [0.1, 0.15) is 27.2 Å². The highest BCUT2D eigenvalue weighted by molar-refractivity contribution is 5.74. The van der Waals surface area contributed by atoms with Crippen LogP contribution >= 0.6 is 0 Å². The average molecular weight is 226 g/mol. The molecule has 0 unspecified atom stereocenters. The Balaban J connectivity index is 2.74. The van der Waals surface area contributed by atoms with Crippen molar-refractivity contribution in [3.8, 4) is 0 Å². The van der Waals surface area contributed by atoms with Crippen LogP contribution in [0.25, 0.3) is 0 Å². The van der Waals surface area contributed by atoms with Crippen LogP contribution in [0.2, 0.25) is 0 Å². The predicted octanol–water partition coefficient (Wildman–Crippen LogP) is -0.0138. The van der Waals surface area contributed by atoms with E-state index in [-0.39, 0.29) is 17.2 Å². The summed E-state index contributed by atoms with van der Waals surface area (Å²) in [6.45, 7) is 5.96. The van der Waals surface area contributed by atoms with Gasteiger partial charge in [0.1, 0.15) is 0 Å². The topological polar surface area (TPSA) is 68.6 Å². The highest BCUT2D eigenvalue weighted by Crippen LogP contribution is 2.19. The summed E-state index contributed by atoms with van der Waals surface area (Å²) in [5.74, 6) is 0.0255. The molecule has 0 N–H and O–H groups in total. The molecule has 0 aromatic carbocycles. The van der Waals surface area contributed by atoms with Gasteiger partial charge in [-0.05, 0) is 17.7 Å². The van der Waals surface area contributed by atoms with Gasteiger partial charge in [0.05, 0.1) is 18.9 Å². The van der Waals surface area contributed by atoms with Crippen molar-refractivity contribution in [2.45, 2.75) is 27.2 Å². The van der Waals surface area contributed by atoms with E-state index in [4.69, 9.17) is 4.52 Å². The molecule has 1 rings (SSSR count). The van der Waals surface area contributed by atoms with Crippen LogP contribution in [0.3, 0.4) is 0 Å². The summed E-state index contributed by atoms with van der Waals surface area (Å²) < 4.78 is 4.89. The lowest BCUT2D eigenvalue weighted by atomic mass is 9.92. The summed E-state index contributed by atoms with van der Waals surface area (Å²) in [6, 6.07) is 0. The van der Waals surface area contributed by atoms with Crippen molar-refractivity contribution in [1.29, 1.82) is 0 Å². The fraction of sp³-hybridized carbons (Fsp3) is 0.700. The Kier molecular flexibility index (Phi) is 3.51. The summed E-state index contributed by atoms with van der Waals surface area (Å²) in [6.07, 6.45) is 1.94. The van der Waals surface area contributed by atoms with Gasteiger partial charge in [-0.1, -0.05) is 20.8 Å². The van der Waals surface area contributed by atoms with Gasteiger partial charge in [-0.25, -0.2) is 4.99 Å². The van der Waals surface area contributed by atoms with E-state index in [1.165, 1.54) is 4.79 Å². The molecule has 0 aliphatic rings. The fourth-order valence-corrected chi connectivity index (χ4v) is 1.08. The Bertz CT molecular complexity index is 376. The van der Waals surface area contributed by atoms with Crippen molar-refractivity contribution < 1.29 is 14.4 Å². The van der Waals surface area contributed by atoms with Gasteiger partial charge in [-0.3, -0.25) is 4.52 Å². The highest BCUT2D eigenvalue weighted by atomic mass is 16.5. The molecular weight excluding hydrogens is 208 g/mol. The van der Waals surface area contributed by atoms with E-state index < -0.39 is 0 Å². The molecule has 0 radical (unpaired) electrons. The number of nitrogens with zero attached hydrogens (tertiary/aromatic N) is 4. The smallest absolute Gasteiger partial charge is 0.324 e. The molecule has 0 saturated heterocycles. The number of aromatic nitrogens is 2. The molecule has 1 aromatic heterocycles. The molecule has 1 aromatic rings. The zero-order valence-electron chi connectivity index (χ0n) is 10.4. The van der Waals surface area contributed by atoms with Crippen molar-refractivity contribution >= 4 is 11.8 Å². The Morgan fingerprint density at radius 1 is 1.56 bits per heavy atom. The maximum absolute atomic E-state index is 11.5. The van der Waals surface area contributed by atoms with Gasteiger partial charge in [-0.15, -0.1) is 0 Å². The van der Waals surface area contributed by atoms with Crippen LogP contribution in [0, 0.1) is 5.41 Å². The van der Waals surface area contributed by atoms with Crippen LogP contribution in [0.15, 0.2) is 15.7 Å². The lowest BCUT2D eigenvalue weighted by molar-refractivity contribution is -0.753. The molecule has 0 bridgehead atoms. The molecular formula is C10H18N4O2.